The molecule has 1 aromatic heterocycles. The van der Waals surface area contributed by atoms with Crippen molar-refractivity contribution in [2.45, 2.75) is 46.2 Å². The Morgan fingerprint density at radius 2 is 2.16 bits per heavy atom. The Morgan fingerprint density at radius 1 is 1.42 bits per heavy atom. The Hall–Kier alpha value is -0.260. The highest BCUT2D eigenvalue weighted by Gasteiger charge is 2.16. The van der Waals surface area contributed by atoms with Crippen molar-refractivity contribution in [3.8, 4) is 0 Å². The van der Waals surface area contributed by atoms with Gasteiger partial charge in [0.05, 0.1) is 5.69 Å². The number of nitrogens with zero attached hydrogens (tertiary/aromatic N) is 2. The number of aromatic nitrogens is 1. The molecule has 1 heterocycles. The first-order valence-electron chi connectivity index (χ1n) is 7.05. The van der Waals surface area contributed by atoms with Crippen molar-refractivity contribution < 1.29 is 0 Å². The van der Waals surface area contributed by atoms with Gasteiger partial charge in [0.25, 0.3) is 0 Å². The van der Waals surface area contributed by atoms with Crippen LogP contribution in [0.15, 0.2) is 0 Å². The average molecular weight is 302 g/mol. The fourth-order valence-corrected chi connectivity index (χ4v) is 3.60. The van der Waals surface area contributed by atoms with Gasteiger partial charge in [0.15, 0.2) is 5.13 Å². The van der Waals surface area contributed by atoms with Gasteiger partial charge in [0.1, 0.15) is 0 Å². The molecule has 0 saturated carbocycles. The van der Waals surface area contributed by atoms with Crippen molar-refractivity contribution in [3.63, 3.8) is 0 Å². The second-order valence-corrected chi connectivity index (χ2v) is 6.79. The van der Waals surface area contributed by atoms with Gasteiger partial charge in [-0.15, -0.1) is 11.3 Å². The zero-order valence-electron chi connectivity index (χ0n) is 12.8. The molecule has 1 atom stereocenters. The highest BCUT2D eigenvalue weighted by atomic mass is 32.2. The van der Waals surface area contributed by atoms with Gasteiger partial charge < -0.3 is 10.2 Å². The van der Waals surface area contributed by atoms with Crippen LogP contribution in [0.2, 0.25) is 0 Å². The summed E-state index contributed by atoms with van der Waals surface area (Å²) in [7, 11) is 2.17. The summed E-state index contributed by atoms with van der Waals surface area (Å²) >= 11 is 3.75. The molecule has 1 rings (SSSR count). The molecule has 110 valence electrons. The minimum Gasteiger partial charge on any atom is -0.348 e. The number of hydrogen-bond acceptors (Lipinski definition) is 5. The van der Waals surface area contributed by atoms with E-state index in [0.717, 1.165) is 19.5 Å². The van der Waals surface area contributed by atoms with Gasteiger partial charge in [0.2, 0.25) is 0 Å². The van der Waals surface area contributed by atoms with Gasteiger partial charge in [-0.1, -0.05) is 13.8 Å². The van der Waals surface area contributed by atoms with Crippen LogP contribution in [0, 0.1) is 0 Å². The van der Waals surface area contributed by atoms with E-state index < -0.39 is 0 Å². The van der Waals surface area contributed by atoms with Crippen LogP contribution in [0.25, 0.3) is 0 Å². The van der Waals surface area contributed by atoms with Gasteiger partial charge in [-0.3, -0.25) is 0 Å². The van der Waals surface area contributed by atoms with Gasteiger partial charge in [-0.05, 0) is 38.3 Å². The molecule has 0 aliphatic rings. The lowest BCUT2D eigenvalue weighted by Gasteiger charge is -2.23. The number of nitrogens with one attached hydrogen (secondary N) is 1. The molecule has 0 bridgehead atoms. The van der Waals surface area contributed by atoms with Crippen molar-refractivity contribution >= 4 is 28.2 Å². The topological polar surface area (TPSA) is 28.2 Å². The molecule has 0 fully saturated rings. The van der Waals surface area contributed by atoms with Gasteiger partial charge in [-0.2, -0.15) is 11.8 Å². The Bertz CT molecular complexity index is 366. The van der Waals surface area contributed by atoms with Crippen LogP contribution in [0.4, 0.5) is 5.13 Å². The summed E-state index contributed by atoms with van der Waals surface area (Å²) in [6.45, 7) is 8.57. The van der Waals surface area contributed by atoms with E-state index in [9.17, 15) is 0 Å². The van der Waals surface area contributed by atoms with E-state index in [2.05, 4.69) is 44.3 Å². The van der Waals surface area contributed by atoms with Crippen LogP contribution in [-0.4, -0.2) is 36.6 Å². The first-order valence-corrected chi connectivity index (χ1v) is 9.26. The van der Waals surface area contributed by atoms with E-state index in [1.165, 1.54) is 27.9 Å². The second kappa shape index (κ2) is 8.82. The lowest BCUT2D eigenvalue weighted by atomic mass is 10.2. The van der Waals surface area contributed by atoms with Crippen molar-refractivity contribution in [1.82, 2.24) is 10.3 Å². The van der Waals surface area contributed by atoms with Gasteiger partial charge in [0, 0.05) is 24.5 Å². The highest BCUT2D eigenvalue weighted by Crippen LogP contribution is 2.28. The summed E-state index contributed by atoms with van der Waals surface area (Å²) in [4.78, 5) is 8.53. The first kappa shape index (κ1) is 16.8. The Labute approximate surface area is 126 Å². The molecular formula is C14H27N3S2. The third kappa shape index (κ3) is 4.97. The maximum Gasteiger partial charge on any atom is 0.185 e. The maximum absolute atomic E-state index is 4.81. The summed E-state index contributed by atoms with van der Waals surface area (Å²) < 4.78 is 0. The van der Waals surface area contributed by atoms with E-state index in [1.807, 2.05) is 23.1 Å². The van der Waals surface area contributed by atoms with E-state index in [0.29, 0.717) is 6.04 Å². The zero-order chi connectivity index (χ0) is 14.3. The molecular weight excluding hydrogens is 274 g/mol. The fourth-order valence-electron chi connectivity index (χ4n) is 1.84. The molecule has 5 heteroatoms. The summed E-state index contributed by atoms with van der Waals surface area (Å²) in [6.07, 6.45) is 4.39. The molecule has 19 heavy (non-hydrogen) atoms. The lowest BCUT2D eigenvalue weighted by molar-refractivity contribution is 0.666. The van der Waals surface area contributed by atoms with E-state index in [1.54, 1.807) is 0 Å². The zero-order valence-corrected chi connectivity index (χ0v) is 14.5. The van der Waals surface area contributed by atoms with Crippen LogP contribution in [-0.2, 0) is 13.0 Å². The maximum atomic E-state index is 4.81. The molecule has 3 nitrogen and oxygen atoms in total. The summed E-state index contributed by atoms with van der Waals surface area (Å²) in [5, 5.41) is 4.57. The monoisotopic (exact) mass is 301 g/mol. The predicted molar refractivity (Wildman–Crippen MR) is 89.7 cm³/mol. The number of anilines is 1. The molecule has 0 radical (unpaired) electrons. The fraction of sp³-hybridized carbons (Fsp3) is 0.786. The molecule has 0 aliphatic heterocycles. The number of hydrogen-bond donors (Lipinski definition) is 1. The number of aryl methyl sites for hydroxylation is 1. The molecule has 1 unspecified atom stereocenters. The smallest absolute Gasteiger partial charge is 0.185 e. The molecule has 0 aliphatic carbocycles. The summed E-state index contributed by atoms with van der Waals surface area (Å²) in [6, 6.07) is 0.551. The second-order valence-electron chi connectivity index (χ2n) is 4.74. The standard InChI is InChI=1S/C14H27N3S2/c1-6-12-13(10-15-7-2)19-14(16-12)17(4)11(3)8-9-18-5/h11,15H,6-10H2,1-5H3. The van der Waals surface area contributed by atoms with Crippen molar-refractivity contribution in [3.05, 3.63) is 10.6 Å². The minimum absolute atomic E-state index is 0.551. The molecule has 1 aromatic rings. The Kier molecular flexibility index (Phi) is 7.80. The molecule has 0 saturated heterocycles. The van der Waals surface area contributed by atoms with Crippen LogP contribution in [0.5, 0.6) is 0 Å². The van der Waals surface area contributed by atoms with E-state index >= 15 is 0 Å². The molecule has 1 N–H and O–H groups in total. The number of rotatable bonds is 9. The van der Waals surface area contributed by atoms with Crippen LogP contribution >= 0.6 is 23.1 Å². The quantitative estimate of drug-likeness (QED) is 0.757. The first-order chi connectivity index (χ1) is 9.13. The molecule has 0 aromatic carbocycles. The van der Waals surface area contributed by atoms with E-state index in [-0.39, 0.29) is 0 Å². The lowest BCUT2D eigenvalue weighted by Crippen LogP contribution is -2.29. The van der Waals surface area contributed by atoms with E-state index in [4.69, 9.17) is 4.98 Å². The minimum atomic E-state index is 0.551. The highest BCUT2D eigenvalue weighted by molar-refractivity contribution is 7.98. The summed E-state index contributed by atoms with van der Waals surface area (Å²) in [5.74, 6) is 1.21. The third-order valence-corrected chi connectivity index (χ3v) is 5.17. The van der Waals surface area contributed by atoms with Crippen molar-refractivity contribution in [2.75, 3.05) is 30.5 Å². The van der Waals surface area contributed by atoms with Crippen LogP contribution in [0.1, 0.15) is 37.8 Å². The number of thiazole rings is 1. The molecule has 0 amide bonds. The van der Waals surface area contributed by atoms with Gasteiger partial charge in [-0.25, -0.2) is 4.98 Å². The Morgan fingerprint density at radius 3 is 2.74 bits per heavy atom. The van der Waals surface area contributed by atoms with Crippen LogP contribution in [0.3, 0.4) is 0 Å². The molecule has 0 spiro atoms. The van der Waals surface area contributed by atoms with Crippen LogP contribution < -0.4 is 10.2 Å². The predicted octanol–water partition coefficient (Wildman–Crippen LogP) is 3.39. The SMILES string of the molecule is CCNCc1sc(N(C)C(C)CCSC)nc1CC. The third-order valence-electron chi connectivity index (χ3n) is 3.34. The normalized spacial score (nSPS) is 12.7. The van der Waals surface area contributed by atoms with Crippen molar-refractivity contribution in [2.24, 2.45) is 0 Å². The van der Waals surface area contributed by atoms with Crippen molar-refractivity contribution in [1.29, 1.82) is 0 Å². The number of thioether (sulfide) groups is 1. The largest absolute Gasteiger partial charge is 0.348 e. The Balaban J connectivity index is 2.73. The van der Waals surface area contributed by atoms with Gasteiger partial charge >= 0.3 is 0 Å². The summed E-state index contributed by atoms with van der Waals surface area (Å²) in [5.41, 5.74) is 1.25. The average Bonchev–Trinajstić information content (AvgIpc) is 2.84.